The standard InChI is InChI=1S/C16H17NO3S/c1-11-5-3-6-12(2)16(11)17-14(18)10-20-15(19)9-13-7-4-8-21-13/h3-8H,9-10H2,1-2H3,(H,17,18). The molecule has 1 heterocycles. The number of anilines is 1. The zero-order chi connectivity index (χ0) is 15.2. The Balaban J connectivity index is 1.83. The largest absolute Gasteiger partial charge is 0.455 e. The number of para-hydroxylation sites is 1. The fourth-order valence-electron chi connectivity index (χ4n) is 1.94. The van der Waals surface area contributed by atoms with E-state index in [0.717, 1.165) is 21.7 Å². The zero-order valence-corrected chi connectivity index (χ0v) is 12.8. The number of amides is 1. The fraction of sp³-hybridized carbons (Fsp3) is 0.250. The Morgan fingerprint density at radius 3 is 2.48 bits per heavy atom. The van der Waals surface area contributed by atoms with Crippen molar-refractivity contribution < 1.29 is 14.3 Å². The number of ether oxygens (including phenoxy) is 1. The summed E-state index contributed by atoms with van der Waals surface area (Å²) >= 11 is 1.49. The molecule has 0 radical (unpaired) electrons. The van der Waals surface area contributed by atoms with Crippen LogP contribution in [0.15, 0.2) is 35.7 Å². The molecule has 0 unspecified atom stereocenters. The maximum absolute atomic E-state index is 11.8. The Morgan fingerprint density at radius 2 is 1.86 bits per heavy atom. The van der Waals surface area contributed by atoms with Gasteiger partial charge in [-0.25, -0.2) is 0 Å². The van der Waals surface area contributed by atoms with Crippen molar-refractivity contribution in [1.82, 2.24) is 0 Å². The van der Waals surface area contributed by atoms with Crippen LogP contribution in [0.5, 0.6) is 0 Å². The Hall–Kier alpha value is -2.14. The number of hydrogen-bond donors (Lipinski definition) is 1. The molecule has 0 aliphatic heterocycles. The van der Waals surface area contributed by atoms with E-state index in [1.807, 2.05) is 49.6 Å². The molecule has 1 aromatic carbocycles. The molecule has 1 aromatic heterocycles. The number of carbonyl (C=O) groups excluding carboxylic acids is 2. The Kier molecular flexibility index (Phi) is 5.11. The summed E-state index contributed by atoms with van der Waals surface area (Å²) in [6.07, 6.45) is 0.203. The molecule has 2 rings (SSSR count). The van der Waals surface area contributed by atoms with E-state index in [4.69, 9.17) is 4.74 Å². The highest BCUT2D eigenvalue weighted by Crippen LogP contribution is 2.19. The average molecular weight is 303 g/mol. The first-order valence-electron chi connectivity index (χ1n) is 6.60. The second-order valence-electron chi connectivity index (χ2n) is 4.73. The smallest absolute Gasteiger partial charge is 0.311 e. The fourth-order valence-corrected chi connectivity index (χ4v) is 2.63. The highest BCUT2D eigenvalue weighted by Gasteiger charge is 2.11. The first-order valence-corrected chi connectivity index (χ1v) is 7.48. The SMILES string of the molecule is Cc1cccc(C)c1NC(=O)COC(=O)Cc1cccs1. The summed E-state index contributed by atoms with van der Waals surface area (Å²) in [7, 11) is 0. The number of benzene rings is 1. The maximum atomic E-state index is 11.8. The van der Waals surface area contributed by atoms with Crippen LogP contribution in [0.4, 0.5) is 5.69 Å². The number of nitrogens with one attached hydrogen (secondary N) is 1. The van der Waals surface area contributed by atoms with E-state index >= 15 is 0 Å². The first kappa shape index (κ1) is 15.3. The lowest BCUT2D eigenvalue weighted by molar-refractivity contribution is -0.146. The van der Waals surface area contributed by atoms with Crippen molar-refractivity contribution in [3.05, 3.63) is 51.7 Å². The van der Waals surface area contributed by atoms with Crippen molar-refractivity contribution in [2.75, 3.05) is 11.9 Å². The van der Waals surface area contributed by atoms with Crippen LogP contribution in [0, 0.1) is 13.8 Å². The molecule has 0 aliphatic rings. The summed E-state index contributed by atoms with van der Waals surface area (Å²) in [5, 5.41) is 4.68. The number of hydrogen-bond acceptors (Lipinski definition) is 4. The predicted molar refractivity (Wildman–Crippen MR) is 83.5 cm³/mol. The van der Waals surface area contributed by atoms with Gasteiger partial charge in [0.2, 0.25) is 0 Å². The average Bonchev–Trinajstić information content (AvgIpc) is 2.94. The van der Waals surface area contributed by atoms with Crippen LogP contribution in [0.3, 0.4) is 0 Å². The first-order chi connectivity index (χ1) is 10.1. The highest BCUT2D eigenvalue weighted by atomic mass is 32.1. The summed E-state index contributed by atoms with van der Waals surface area (Å²) in [6, 6.07) is 9.52. The van der Waals surface area contributed by atoms with Crippen LogP contribution in [-0.4, -0.2) is 18.5 Å². The summed E-state index contributed by atoms with van der Waals surface area (Å²) in [4.78, 5) is 24.4. The number of rotatable bonds is 5. The van der Waals surface area contributed by atoms with E-state index in [0.29, 0.717) is 0 Å². The van der Waals surface area contributed by atoms with E-state index in [1.165, 1.54) is 11.3 Å². The summed E-state index contributed by atoms with van der Waals surface area (Å²) in [5.41, 5.74) is 2.73. The van der Waals surface area contributed by atoms with Gasteiger partial charge in [0.1, 0.15) is 0 Å². The van der Waals surface area contributed by atoms with E-state index in [1.54, 1.807) is 0 Å². The third kappa shape index (κ3) is 4.43. The van der Waals surface area contributed by atoms with E-state index in [2.05, 4.69) is 5.32 Å². The zero-order valence-electron chi connectivity index (χ0n) is 12.0. The van der Waals surface area contributed by atoms with Crippen LogP contribution in [0.1, 0.15) is 16.0 Å². The van der Waals surface area contributed by atoms with Gasteiger partial charge in [-0.2, -0.15) is 0 Å². The van der Waals surface area contributed by atoms with Gasteiger partial charge >= 0.3 is 5.97 Å². The summed E-state index contributed by atoms with van der Waals surface area (Å²) < 4.78 is 4.98. The maximum Gasteiger partial charge on any atom is 0.311 e. The van der Waals surface area contributed by atoms with Crippen molar-refractivity contribution in [2.24, 2.45) is 0 Å². The Morgan fingerprint density at radius 1 is 1.14 bits per heavy atom. The number of esters is 1. The minimum atomic E-state index is -0.394. The molecule has 4 nitrogen and oxygen atoms in total. The monoisotopic (exact) mass is 303 g/mol. The van der Waals surface area contributed by atoms with Crippen LogP contribution >= 0.6 is 11.3 Å². The molecule has 1 N–H and O–H groups in total. The number of thiophene rings is 1. The van der Waals surface area contributed by atoms with Crippen molar-refractivity contribution >= 4 is 28.9 Å². The van der Waals surface area contributed by atoms with Crippen LogP contribution in [-0.2, 0) is 20.7 Å². The van der Waals surface area contributed by atoms with Crippen molar-refractivity contribution in [2.45, 2.75) is 20.3 Å². The minimum absolute atomic E-state index is 0.203. The molecule has 110 valence electrons. The topological polar surface area (TPSA) is 55.4 Å². The van der Waals surface area contributed by atoms with Gasteiger partial charge in [0.15, 0.2) is 6.61 Å². The lowest BCUT2D eigenvalue weighted by Gasteiger charge is -2.11. The van der Waals surface area contributed by atoms with E-state index in [9.17, 15) is 9.59 Å². The molecule has 0 spiro atoms. The van der Waals surface area contributed by atoms with Gasteiger partial charge in [0.25, 0.3) is 5.91 Å². The lowest BCUT2D eigenvalue weighted by Crippen LogP contribution is -2.22. The molecule has 0 saturated carbocycles. The molecular formula is C16H17NO3S. The quantitative estimate of drug-likeness (QED) is 0.864. The molecule has 0 saturated heterocycles. The molecule has 0 bridgehead atoms. The van der Waals surface area contributed by atoms with Gasteiger partial charge in [-0.05, 0) is 36.4 Å². The van der Waals surface area contributed by atoms with Gasteiger partial charge in [-0.3, -0.25) is 9.59 Å². The van der Waals surface area contributed by atoms with Gasteiger partial charge in [-0.15, -0.1) is 11.3 Å². The lowest BCUT2D eigenvalue weighted by atomic mass is 10.1. The van der Waals surface area contributed by atoms with Crippen molar-refractivity contribution in [3.8, 4) is 0 Å². The van der Waals surface area contributed by atoms with Gasteiger partial charge < -0.3 is 10.1 Å². The molecule has 5 heteroatoms. The predicted octanol–water partition coefficient (Wildman–Crippen LogP) is 3.09. The molecule has 0 aliphatic carbocycles. The molecule has 0 atom stereocenters. The number of aryl methyl sites for hydroxylation is 2. The molecule has 1 amide bonds. The van der Waals surface area contributed by atoms with Crippen LogP contribution in [0.25, 0.3) is 0 Å². The molecule has 0 fully saturated rings. The van der Waals surface area contributed by atoms with Crippen LogP contribution in [0.2, 0.25) is 0 Å². The van der Waals surface area contributed by atoms with Crippen LogP contribution < -0.4 is 5.32 Å². The van der Waals surface area contributed by atoms with Gasteiger partial charge in [0.05, 0.1) is 6.42 Å². The second-order valence-corrected chi connectivity index (χ2v) is 5.76. The van der Waals surface area contributed by atoms with E-state index in [-0.39, 0.29) is 18.9 Å². The van der Waals surface area contributed by atoms with Gasteiger partial charge in [0, 0.05) is 10.6 Å². The second kappa shape index (κ2) is 7.04. The third-order valence-corrected chi connectivity index (χ3v) is 3.88. The molecule has 21 heavy (non-hydrogen) atoms. The summed E-state index contributed by atoms with van der Waals surface area (Å²) in [5.74, 6) is -0.721. The molecule has 2 aromatic rings. The van der Waals surface area contributed by atoms with E-state index < -0.39 is 5.97 Å². The Bertz CT molecular complexity index is 615. The highest BCUT2D eigenvalue weighted by molar-refractivity contribution is 7.10. The normalized spacial score (nSPS) is 10.2. The summed E-state index contributed by atoms with van der Waals surface area (Å²) in [6.45, 7) is 3.58. The van der Waals surface area contributed by atoms with Crippen molar-refractivity contribution in [1.29, 1.82) is 0 Å². The third-order valence-electron chi connectivity index (χ3n) is 3.01. The molecular weight excluding hydrogens is 286 g/mol. The Labute approximate surface area is 127 Å². The minimum Gasteiger partial charge on any atom is -0.455 e. The van der Waals surface area contributed by atoms with Gasteiger partial charge in [-0.1, -0.05) is 24.3 Å². The van der Waals surface area contributed by atoms with Crippen molar-refractivity contribution in [3.63, 3.8) is 0 Å². The number of carbonyl (C=O) groups is 2.